The van der Waals surface area contributed by atoms with E-state index in [2.05, 4.69) is 29.3 Å². The number of thiophene rings is 1. The normalized spacial score (nSPS) is 18.7. The third kappa shape index (κ3) is 4.39. The fourth-order valence-corrected chi connectivity index (χ4v) is 3.07. The topological polar surface area (TPSA) is 41.3 Å². The van der Waals surface area contributed by atoms with Crippen LogP contribution in [0.25, 0.3) is 0 Å². The monoisotopic (exact) mass is 253 g/mol. The maximum absolute atomic E-state index is 5.89. The molecule has 96 valence electrons. The maximum Gasteiger partial charge on any atom is 0.0300 e. The van der Waals surface area contributed by atoms with Gasteiger partial charge in [0.05, 0.1) is 0 Å². The van der Waals surface area contributed by atoms with E-state index >= 15 is 0 Å². The molecule has 1 fully saturated rings. The van der Waals surface area contributed by atoms with Crippen LogP contribution in [0.3, 0.4) is 0 Å². The van der Waals surface area contributed by atoms with Crippen LogP contribution in [0, 0.1) is 6.92 Å². The standard InChI is InChI=1S/C13H23N3S/c1-11-2-3-13(17-11)10-15-6-9-16-7-4-12(14)5-8-16/h2-3,12,15H,4-10,14H2,1H3. The molecule has 0 bridgehead atoms. The van der Waals surface area contributed by atoms with Gasteiger partial charge in [-0.2, -0.15) is 0 Å². The zero-order chi connectivity index (χ0) is 12.1. The third-order valence-electron chi connectivity index (χ3n) is 3.33. The van der Waals surface area contributed by atoms with Crippen molar-refractivity contribution in [3.05, 3.63) is 21.9 Å². The zero-order valence-electron chi connectivity index (χ0n) is 10.6. The van der Waals surface area contributed by atoms with E-state index in [9.17, 15) is 0 Å². The molecule has 0 spiro atoms. The van der Waals surface area contributed by atoms with Crippen LogP contribution in [-0.4, -0.2) is 37.1 Å². The molecule has 1 aliphatic rings. The van der Waals surface area contributed by atoms with Gasteiger partial charge in [-0.05, 0) is 45.0 Å². The lowest BCUT2D eigenvalue weighted by molar-refractivity contribution is 0.213. The molecule has 0 aromatic carbocycles. The van der Waals surface area contributed by atoms with E-state index in [0.29, 0.717) is 6.04 Å². The van der Waals surface area contributed by atoms with Crippen molar-refractivity contribution < 1.29 is 0 Å². The number of nitrogens with one attached hydrogen (secondary N) is 1. The summed E-state index contributed by atoms with van der Waals surface area (Å²) in [5, 5.41) is 3.51. The van der Waals surface area contributed by atoms with Gasteiger partial charge in [0.15, 0.2) is 0 Å². The van der Waals surface area contributed by atoms with Crippen LogP contribution in [0.4, 0.5) is 0 Å². The Labute approximate surface area is 108 Å². The van der Waals surface area contributed by atoms with Crippen molar-refractivity contribution in [2.75, 3.05) is 26.2 Å². The molecule has 2 heterocycles. The molecule has 1 saturated heterocycles. The van der Waals surface area contributed by atoms with E-state index in [1.165, 1.54) is 22.8 Å². The molecule has 2 rings (SSSR count). The summed E-state index contributed by atoms with van der Waals surface area (Å²) in [5.41, 5.74) is 5.89. The predicted octanol–water partition coefficient (Wildman–Crippen LogP) is 1.57. The second-order valence-electron chi connectivity index (χ2n) is 4.87. The van der Waals surface area contributed by atoms with Crippen molar-refractivity contribution in [1.29, 1.82) is 0 Å². The highest BCUT2D eigenvalue weighted by atomic mass is 32.1. The number of likely N-dealkylation sites (tertiary alicyclic amines) is 1. The minimum absolute atomic E-state index is 0.438. The summed E-state index contributed by atoms with van der Waals surface area (Å²) in [6.45, 7) is 7.72. The second kappa shape index (κ2) is 6.50. The lowest BCUT2D eigenvalue weighted by Crippen LogP contribution is -2.42. The quantitative estimate of drug-likeness (QED) is 0.783. The van der Waals surface area contributed by atoms with Gasteiger partial charge in [-0.3, -0.25) is 0 Å². The largest absolute Gasteiger partial charge is 0.328 e. The Balaban J connectivity index is 1.57. The number of rotatable bonds is 5. The van der Waals surface area contributed by atoms with E-state index in [0.717, 1.165) is 32.5 Å². The fraction of sp³-hybridized carbons (Fsp3) is 0.692. The van der Waals surface area contributed by atoms with E-state index in [-0.39, 0.29) is 0 Å². The van der Waals surface area contributed by atoms with E-state index in [1.54, 1.807) is 0 Å². The van der Waals surface area contributed by atoms with Crippen LogP contribution < -0.4 is 11.1 Å². The summed E-state index contributed by atoms with van der Waals surface area (Å²) in [7, 11) is 0. The van der Waals surface area contributed by atoms with Crippen molar-refractivity contribution >= 4 is 11.3 Å². The van der Waals surface area contributed by atoms with Gasteiger partial charge >= 0.3 is 0 Å². The van der Waals surface area contributed by atoms with Crippen molar-refractivity contribution in [3.63, 3.8) is 0 Å². The zero-order valence-corrected chi connectivity index (χ0v) is 11.4. The molecular formula is C13H23N3S. The molecule has 0 atom stereocenters. The van der Waals surface area contributed by atoms with Crippen LogP contribution >= 0.6 is 11.3 Å². The number of piperidine rings is 1. The van der Waals surface area contributed by atoms with E-state index in [4.69, 9.17) is 5.73 Å². The van der Waals surface area contributed by atoms with Crippen LogP contribution in [0.2, 0.25) is 0 Å². The molecule has 0 amide bonds. The average Bonchev–Trinajstić information content (AvgIpc) is 2.73. The molecule has 0 aliphatic carbocycles. The lowest BCUT2D eigenvalue weighted by Gasteiger charge is -2.29. The molecule has 0 saturated carbocycles. The number of hydrogen-bond acceptors (Lipinski definition) is 4. The molecule has 1 aliphatic heterocycles. The van der Waals surface area contributed by atoms with Crippen LogP contribution in [0.5, 0.6) is 0 Å². The fourth-order valence-electron chi connectivity index (χ4n) is 2.21. The predicted molar refractivity (Wildman–Crippen MR) is 74.4 cm³/mol. The minimum atomic E-state index is 0.438. The SMILES string of the molecule is Cc1ccc(CNCCN2CCC(N)CC2)s1. The summed E-state index contributed by atoms with van der Waals surface area (Å²) < 4.78 is 0. The number of nitrogens with zero attached hydrogens (tertiary/aromatic N) is 1. The van der Waals surface area contributed by atoms with Crippen LogP contribution in [-0.2, 0) is 6.54 Å². The first kappa shape index (κ1) is 13.0. The Morgan fingerprint density at radius 3 is 2.82 bits per heavy atom. The van der Waals surface area contributed by atoms with Gasteiger partial charge in [0.1, 0.15) is 0 Å². The summed E-state index contributed by atoms with van der Waals surface area (Å²) >= 11 is 1.88. The summed E-state index contributed by atoms with van der Waals surface area (Å²) in [6.07, 6.45) is 2.31. The molecule has 3 N–H and O–H groups in total. The first-order chi connectivity index (χ1) is 8.24. The Morgan fingerprint density at radius 2 is 2.18 bits per heavy atom. The highest BCUT2D eigenvalue weighted by Crippen LogP contribution is 2.14. The summed E-state index contributed by atoms with van der Waals surface area (Å²) in [6, 6.07) is 4.84. The second-order valence-corrected chi connectivity index (χ2v) is 6.24. The van der Waals surface area contributed by atoms with Crippen molar-refractivity contribution in [1.82, 2.24) is 10.2 Å². The van der Waals surface area contributed by atoms with Crippen molar-refractivity contribution in [2.45, 2.75) is 32.4 Å². The maximum atomic E-state index is 5.89. The van der Waals surface area contributed by atoms with Crippen molar-refractivity contribution in [3.8, 4) is 0 Å². The van der Waals surface area contributed by atoms with E-state index in [1.807, 2.05) is 11.3 Å². The van der Waals surface area contributed by atoms with Crippen LogP contribution in [0.15, 0.2) is 12.1 Å². The van der Waals surface area contributed by atoms with Gasteiger partial charge in [-0.25, -0.2) is 0 Å². The Morgan fingerprint density at radius 1 is 1.41 bits per heavy atom. The highest BCUT2D eigenvalue weighted by Gasteiger charge is 2.14. The van der Waals surface area contributed by atoms with Crippen LogP contribution in [0.1, 0.15) is 22.6 Å². The van der Waals surface area contributed by atoms with Gasteiger partial charge in [0.2, 0.25) is 0 Å². The molecular weight excluding hydrogens is 230 g/mol. The van der Waals surface area contributed by atoms with Gasteiger partial charge in [0, 0.05) is 35.4 Å². The molecule has 17 heavy (non-hydrogen) atoms. The van der Waals surface area contributed by atoms with E-state index < -0.39 is 0 Å². The molecule has 0 unspecified atom stereocenters. The van der Waals surface area contributed by atoms with Gasteiger partial charge in [0.25, 0.3) is 0 Å². The van der Waals surface area contributed by atoms with Gasteiger partial charge < -0.3 is 16.0 Å². The van der Waals surface area contributed by atoms with Crippen molar-refractivity contribution in [2.24, 2.45) is 5.73 Å². The molecule has 4 heteroatoms. The molecule has 3 nitrogen and oxygen atoms in total. The Kier molecular flexibility index (Phi) is 4.98. The number of nitrogens with two attached hydrogens (primary N) is 1. The number of hydrogen-bond donors (Lipinski definition) is 2. The first-order valence-corrected chi connectivity index (χ1v) is 7.29. The van der Waals surface area contributed by atoms with Gasteiger partial charge in [-0.15, -0.1) is 11.3 Å². The molecule has 1 aromatic heterocycles. The Hall–Kier alpha value is -0.420. The third-order valence-corrected chi connectivity index (χ3v) is 4.33. The number of aryl methyl sites for hydroxylation is 1. The lowest BCUT2D eigenvalue weighted by atomic mass is 10.1. The molecule has 0 radical (unpaired) electrons. The minimum Gasteiger partial charge on any atom is -0.328 e. The van der Waals surface area contributed by atoms with Gasteiger partial charge in [-0.1, -0.05) is 0 Å². The summed E-state index contributed by atoms with van der Waals surface area (Å²) in [5.74, 6) is 0. The average molecular weight is 253 g/mol. The Bertz CT molecular complexity index is 329. The molecule has 1 aromatic rings. The first-order valence-electron chi connectivity index (χ1n) is 6.48. The smallest absolute Gasteiger partial charge is 0.0300 e. The summed E-state index contributed by atoms with van der Waals surface area (Å²) in [4.78, 5) is 5.34. The highest BCUT2D eigenvalue weighted by molar-refractivity contribution is 7.11.